The first-order chi connectivity index (χ1) is 15.2. The van der Waals surface area contributed by atoms with Crippen LogP contribution in [-0.4, -0.2) is 53.5 Å². The molecule has 10 heteroatoms. The normalized spacial score (nSPS) is 19.5. The van der Waals surface area contributed by atoms with E-state index in [1.807, 2.05) is 28.3 Å². The number of aromatic amines is 1. The summed E-state index contributed by atoms with van der Waals surface area (Å²) in [7, 11) is 0. The van der Waals surface area contributed by atoms with Crippen molar-refractivity contribution >= 4 is 11.3 Å². The molecule has 1 saturated heterocycles. The van der Waals surface area contributed by atoms with Crippen molar-refractivity contribution in [2.75, 3.05) is 13.1 Å². The molecule has 5 rings (SSSR count). The Labute approximate surface area is 182 Å². The van der Waals surface area contributed by atoms with Crippen LogP contribution in [0.4, 0.5) is 0 Å². The van der Waals surface area contributed by atoms with E-state index >= 15 is 0 Å². The van der Waals surface area contributed by atoms with Gasteiger partial charge in [0, 0.05) is 56.3 Å². The SMILES string of the molecule is NC1CCN(Cc2cn(-c3ncccn3)cn2)CC1c1nc(-c2cccs2)cc(=O)[nH]1. The molecule has 158 valence electrons. The van der Waals surface area contributed by atoms with Gasteiger partial charge in [0.05, 0.1) is 16.3 Å². The van der Waals surface area contributed by atoms with Crippen molar-refractivity contribution in [1.82, 2.24) is 34.4 Å². The van der Waals surface area contributed by atoms with Crippen molar-refractivity contribution in [3.05, 3.63) is 76.4 Å². The molecular formula is C21H22N8OS. The number of rotatable bonds is 5. The van der Waals surface area contributed by atoms with E-state index in [1.165, 1.54) is 0 Å². The number of nitrogens with one attached hydrogen (secondary N) is 1. The van der Waals surface area contributed by atoms with Crippen molar-refractivity contribution in [1.29, 1.82) is 0 Å². The molecule has 1 aliphatic heterocycles. The predicted octanol–water partition coefficient (Wildman–Crippen LogP) is 1.79. The second kappa shape index (κ2) is 8.50. The highest BCUT2D eigenvalue weighted by Gasteiger charge is 2.30. The third kappa shape index (κ3) is 4.31. The van der Waals surface area contributed by atoms with Crippen LogP contribution in [-0.2, 0) is 6.54 Å². The van der Waals surface area contributed by atoms with Gasteiger partial charge in [-0.15, -0.1) is 11.3 Å². The maximum absolute atomic E-state index is 12.3. The Balaban J connectivity index is 1.34. The van der Waals surface area contributed by atoms with E-state index in [1.54, 1.807) is 42.2 Å². The first-order valence-corrected chi connectivity index (χ1v) is 11.0. The number of thiophene rings is 1. The molecule has 31 heavy (non-hydrogen) atoms. The maximum atomic E-state index is 12.3. The van der Waals surface area contributed by atoms with Crippen LogP contribution in [0.2, 0.25) is 0 Å². The minimum Gasteiger partial charge on any atom is -0.327 e. The summed E-state index contributed by atoms with van der Waals surface area (Å²) in [6, 6.07) is 7.18. The van der Waals surface area contributed by atoms with Gasteiger partial charge in [-0.25, -0.2) is 19.9 Å². The minimum absolute atomic E-state index is 0.0547. The number of hydrogen-bond acceptors (Lipinski definition) is 8. The molecule has 0 amide bonds. The van der Waals surface area contributed by atoms with E-state index in [9.17, 15) is 4.79 Å². The molecule has 0 radical (unpaired) electrons. The Bertz CT molecular complexity index is 1200. The average molecular weight is 435 g/mol. The van der Waals surface area contributed by atoms with Crippen LogP contribution in [0.25, 0.3) is 16.5 Å². The molecule has 9 nitrogen and oxygen atoms in total. The molecular weight excluding hydrogens is 412 g/mol. The van der Waals surface area contributed by atoms with Gasteiger partial charge in [0.1, 0.15) is 12.2 Å². The van der Waals surface area contributed by atoms with Crippen molar-refractivity contribution < 1.29 is 0 Å². The van der Waals surface area contributed by atoms with Gasteiger partial charge in [0.15, 0.2) is 0 Å². The standard InChI is InChI=1S/C21H22N8OS/c22-16-4-7-28(10-14-11-29(13-25-14)21-23-5-2-6-24-21)12-15(16)20-26-17(9-19(30)27-20)18-3-1-8-31-18/h1-3,5-6,8-9,11,13,15-16H,4,7,10,12,22H2,(H,26,27,30). The highest BCUT2D eigenvalue weighted by molar-refractivity contribution is 7.13. The summed E-state index contributed by atoms with van der Waals surface area (Å²) in [6.07, 6.45) is 7.89. The number of likely N-dealkylation sites (tertiary alicyclic amines) is 1. The summed E-state index contributed by atoms with van der Waals surface area (Å²) in [5.74, 6) is 1.18. The van der Waals surface area contributed by atoms with Gasteiger partial charge in [-0.1, -0.05) is 6.07 Å². The van der Waals surface area contributed by atoms with E-state index < -0.39 is 0 Å². The summed E-state index contributed by atoms with van der Waals surface area (Å²) >= 11 is 1.57. The van der Waals surface area contributed by atoms with Crippen LogP contribution < -0.4 is 11.3 Å². The smallest absolute Gasteiger partial charge is 0.251 e. The monoisotopic (exact) mass is 434 g/mol. The Morgan fingerprint density at radius 3 is 2.90 bits per heavy atom. The number of nitrogens with two attached hydrogens (primary N) is 1. The van der Waals surface area contributed by atoms with Gasteiger partial charge in [-0.3, -0.25) is 14.3 Å². The number of aromatic nitrogens is 6. The fourth-order valence-corrected chi connectivity index (χ4v) is 4.57. The van der Waals surface area contributed by atoms with Gasteiger partial charge < -0.3 is 10.7 Å². The summed E-state index contributed by atoms with van der Waals surface area (Å²) in [5.41, 5.74) is 7.91. The summed E-state index contributed by atoms with van der Waals surface area (Å²) < 4.78 is 1.81. The number of hydrogen-bond donors (Lipinski definition) is 2. The van der Waals surface area contributed by atoms with Crippen LogP contribution in [0.3, 0.4) is 0 Å². The zero-order valence-corrected chi connectivity index (χ0v) is 17.6. The molecule has 0 bridgehead atoms. The molecule has 4 aromatic heterocycles. The molecule has 5 heterocycles. The lowest BCUT2D eigenvalue weighted by molar-refractivity contribution is 0.177. The lowest BCUT2D eigenvalue weighted by atomic mass is 9.92. The first kappa shape index (κ1) is 19.7. The Kier molecular flexibility index (Phi) is 5.41. The minimum atomic E-state index is -0.153. The largest absolute Gasteiger partial charge is 0.327 e. The molecule has 0 aromatic carbocycles. The van der Waals surface area contributed by atoms with Crippen LogP contribution in [0.5, 0.6) is 0 Å². The van der Waals surface area contributed by atoms with E-state index in [0.29, 0.717) is 30.6 Å². The lowest BCUT2D eigenvalue weighted by Crippen LogP contribution is -2.46. The van der Waals surface area contributed by atoms with Gasteiger partial charge in [0.2, 0.25) is 5.95 Å². The summed E-state index contributed by atoms with van der Waals surface area (Å²) in [6.45, 7) is 2.24. The molecule has 0 aliphatic carbocycles. The van der Waals surface area contributed by atoms with Gasteiger partial charge in [0.25, 0.3) is 5.56 Å². The molecule has 1 fully saturated rings. The third-order valence-electron chi connectivity index (χ3n) is 5.44. The van der Waals surface area contributed by atoms with E-state index in [-0.39, 0.29) is 17.5 Å². The van der Waals surface area contributed by atoms with Crippen LogP contribution in [0.15, 0.2) is 59.4 Å². The quantitative estimate of drug-likeness (QED) is 0.491. The number of piperidine rings is 1. The van der Waals surface area contributed by atoms with Crippen molar-refractivity contribution in [3.8, 4) is 16.5 Å². The fraction of sp³-hybridized carbons (Fsp3) is 0.286. The van der Waals surface area contributed by atoms with Crippen LogP contribution >= 0.6 is 11.3 Å². The Morgan fingerprint density at radius 1 is 1.23 bits per heavy atom. The van der Waals surface area contributed by atoms with Crippen molar-refractivity contribution in [2.24, 2.45) is 5.73 Å². The Morgan fingerprint density at radius 2 is 2.10 bits per heavy atom. The van der Waals surface area contributed by atoms with Gasteiger partial charge >= 0.3 is 0 Å². The molecule has 2 atom stereocenters. The molecule has 0 spiro atoms. The molecule has 2 unspecified atom stereocenters. The first-order valence-electron chi connectivity index (χ1n) is 10.1. The number of imidazole rings is 1. The maximum Gasteiger partial charge on any atom is 0.251 e. The van der Waals surface area contributed by atoms with Gasteiger partial charge in [-0.2, -0.15) is 0 Å². The zero-order chi connectivity index (χ0) is 21.2. The van der Waals surface area contributed by atoms with Crippen LogP contribution in [0, 0.1) is 0 Å². The van der Waals surface area contributed by atoms with Crippen molar-refractivity contribution in [2.45, 2.75) is 24.9 Å². The van der Waals surface area contributed by atoms with Crippen LogP contribution in [0.1, 0.15) is 23.9 Å². The lowest BCUT2D eigenvalue weighted by Gasteiger charge is -2.36. The second-order valence-electron chi connectivity index (χ2n) is 7.61. The fourth-order valence-electron chi connectivity index (χ4n) is 3.88. The molecule has 3 N–H and O–H groups in total. The van der Waals surface area contributed by atoms with Gasteiger partial charge in [-0.05, 0) is 23.9 Å². The average Bonchev–Trinajstić information content (AvgIpc) is 3.48. The third-order valence-corrected chi connectivity index (χ3v) is 6.33. The molecule has 0 saturated carbocycles. The van der Waals surface area contributed by atoms with E-state index in [0.717, 1.165) is 23.5 Å². The highest BCUT2D eigenvalue weighted by Crippen LogP contribution is 2.27. The Hall–Kier alpha value is -3.21. The summed E-state index contributed by atoms with van der Waals surface area (Å²) in [4.78, 5) is 36.2. The summed E-state index contributed by atoms with van der Waals surface area (Å²) in [5, 5.41) is 1.98. The van der Waals surface area contributed by atoms with Crippen molar-refractivity contribution in [3.63, 3.8) is 0 Å². The highest BCUT2D eigenvalue weighted by atomic mass is 32.1. The number of H-pyrrole nitrogens is 1. The number of nitrogens with zero attached hydrogens (tertiary/aromatic N) is 6. The molecule has 1 aliphatic rings. The molecule has 4 aromatic rings. The second-order valence-corrected chi connectivity index (χ2v) is 8.56. The van der Waals surface area contributed by atoms with E-state index in [2.05, 4.69) is 24.8 Å². The van der Waals surface area contributed by atoms with E-state index in [4.69, 9.17) is 10.7 Å². The zero-order valence-electron chi connectivity index (χ0n) is 16.8. The topological polar surface area (TPSA) is 119 Å². The predicted molar refractivity (Wildman–Crippen MR) is 118 cm³/mol.